The molecule has 0 aliphatic carbocycles. The average Bonchev–Trinajstić information content (AvgIpc) is 0.770. The van der Waals surface area contributed by atoms with E-state index in [4.69, 9.17) is 0 Å². The molecule has 0 heterocycles. The second-order valence-electron chi connectivity index (χ2n) is 31.2. The molecule has 0 unspecified atom stereocenters. The van der Waals surface area contributed by atoms with E-state index in [9.17, 15) is 0 Å². The lowest BCUT2D eigenvalue weighted by Crippen LogP contribution is -2.13. The largest absolute Gasteiger partial charge is 0.310 e. The molecule has 0 saturated heterocycles. The molecule has 0 N–H and O–H groups in total. The van der Waals surface area contributed by atoms with Crippen LogP contribution in [0.3, 0.4) is 0 Å². The van der Waals surface area contributed by atoms with Gasteiger partial charge in [0.05, 0.1) is 0 Å². The molecular weight excluding hydrogens is 1250 g/mol. The first-order chi connectivity index (χ1) is 49.5. The quantitative estimate of drug-likeness (QED) is 0.0598. The molecule has 12 aromatic rings. The van der Waals surface area contributed by atoms with Crippen molar-refractivity contribution in [3.63, 3.8) is 0 Å². The zero-order valence-electron chi connectivity index (χ0n) is 64.5. The molecule has 0 aromatic heterocycles. The van der Waals surface area contributed by atoms with E-state index < -0.39 is 0 Å². The van der Waals surface area contributed by atoms with Crippen molar-refractivity contribution >= 4 is 68.2 Å². The fourth-order valence-electron chi connectivity index (χ4n) is 15.1. The zero-order valence-corrected chi connectivity index (χ0v) is 64.5. The molecule has 4 heteroatoms. The van der Waals surface area contributed by atoms with Gasteiger partial charge in [-0.3, -0.25) is 0 Å². The fraction of sp³-hybridized carbons (Fsp3) is 0.273. The Hall–Kier alpha value is -10.2. The zero-order chi connectivity index (χ0) is 72.9. The predicted octanol–water partition coefficient (Wildman–Crippen LogP) is 30.7. The van der Waals surface area contributed by atoms with Crippen LogP contribution in [0.4, 0.5) is 68.2 Å². The summed E-state index contributed by atoms with van der Waals surface area (Å²) >= 11 is 0. The van der Waals surface area contributed by atoms with Crippen molar-refractivity contribution in [1.29, 1.82) is 0 Å². The molecule has 0 amide bonds. The Balaban J connectivity index is 1.03. The van der Waals surface area contributed by atoms with Gasteiger partial charge in [0.2, 0.25) is 0 Å². The topological polar surface area (TPSA) is 13.0 Å². The summed E-state index contributed by atoms with van der Waals surface area (Å²) in [5.41, 5.74) is 33.2. The third-order valence-electron chi connectivity index (χ3n) is 20.8. The van der Waals surface area contributed by atoms with E-state index in [1.54, 1.807) is 0 Å². The molecule has 0 fully saturated rings. The number of benzene rings is 12. The first-order valence-electron chi connectivity index (χ1n) is 38.0. The van der Waals surface area contributed by atoms with Crippen LogP contribution >= 0.6 is 0 Å². The Bertz CT molecular complexity index is 4390. The van der Waals surface area contributed by atoms with E-state index in [1.165, 1.54) is 83.5 Å². The molecule has 0 aliphatic rings. The predicted molar refractivity (Wildman–Crippen MR) is 448 cm³/mol. The maximum atomic E-state index is 2.56. The number of nitrogens with zero attached hydrogens (tertiary/aromatic N) is 4. The van der Waals surface area contributed by atoms with Gasteiger partial charge < -0.3 is 19.6 Å². The van der Waals surface area contributed by atoms with Gasteiger partial charge in [0.25, 0.3) is 0 Å². The molecule has 0 spiro atoms. The highest BCUT2D eigenvalue weighted by atomic mass is 15.2. The van der Waals surface area contributed by atoms with E-state index in [0.717, 1.165) is 68.2 Å². The third kappa shape index (κ3) is 15.6. The number of hydrogen-bond acceptors (Lipinski definition) is 4. The van der Waals surface area contributed by atoms with Gasteiger partial charge >= 0.3 is 0 Å². The normalized spacial score (nSPS) is 11.8. The molecule has 103 heavy (non-hydrogen) atoms. The molecule has 12 aromatic carbocycles. The lowest BCUT2D eigenvalue weighted by atomic mass is 9.85. The molecule has 524 valence electrons. The van der Waals surface area contributed by atoms with Crippen molar-refractivity contribution in [3.8, 4) is 33.4 Å². The van der Waals surface area contributed by atoms with Crippen molar-refractivity contribution in [1.82, 2.24) is 0 Å². The Morgan fingerprint density at radius 2 is 0.311 bits per heavy atom. The minimum absolute atomic E-state index is 0.210. The lowest BCUT2D eigenvalue weighted by Gasteiger charge is -2.31. The van der Waals surface area contributed by atoms with Gasteiger partial charge in [-0.25, -0.2) is 0 Å². The molecule has 0 saturated carbocycles. The van der Waals surface area contributed by atoms with Crippen LogP contribution in [0.5, 0.6) is 0 Å². The van der Waals surface area contributed by atoms with Crippen molar-refractivity contribution in [2.45, 2.75) is 178 Å². The molecule has 0 bridgehead atoms. The Labute approximate surface area is 618 Å². The van der Waals surface area contributed by atoms with Gasteiger partial charge in [-0.05, 0) is 282 Å². The summed E-state index contributed by atoms with van der Waals surface area (Å²) in [6.45, 7) is 42.0. The Kier molecular flexibility index (Phi) is 22.3. The maximum Gasteiger partial charge on any atom is 0.0464 e. The summed E-state index contributed by atoms with van der Waals surface area (Å²) in [6, 6.07) is 103. The van der Waals surface area contributed by atoms with E-state index in [1.807, 2.05) is 0 Å². The van der Waals surface area contributed by atoms with E-state index in [-0.39, 0.29) is 35.5 Å². The Morgan fingerprint density at radius 1 is 0.146 bits per heavy atom. The third-order valence-corrected chi connectivity index (χ3v) is 20.8. The van der Waals surface area contributed by atoms with E-state index >= 15 is 0 Å². The number of para-hydroxylation sites is 3. The summed E-state index contributed by atoms with van der Waals surface area (Å²) in [5.74, 6) is 2.60. The average molecular weight is 1350 g/mol. The molecule has 0 atom stereocenters. The summed E-state index contributed by atoms with van der Waals surface area (Å²) in [6.07, 6.45) is 0. The Morgan fingerprint density at radius 3 is 0.485 bits per heavy atom. The van der Waals surface area contributed by atoms with E-state index in [0.29, 0.717) is 17.8 Å². The summed E-state index contributed by atoms with van der Waals surface area (Å²) in [7, 11) is 0. The smallest absolute Gasteiger partial charge is 0.0464 e. The molecule has 12 rings (SSSR count). The van der Waals surface area contributed by atoms with Crippen LogP contribution < -0.4 is 19.6 Å². The fourth-order valence-corrected chi connectivity index (χ4v) is 15.1. The van der Waals surface area contributed by atoms with Crippen LogP contribution in [-0.2, 0) is 0 Å². The molecular formula is C99H108N4. The van der Waals surface area contributed by atoms with Gasteiger partial charge in [-0.2, -0.15) is 0 Å². The molecule has 0 aliphatic heterocycles. The lowest BCUT2D eigenvalue weighted by molar-refractivity contribution is 0.854. The van der Waals surface area contributed by atoms with Crippen LogP contribution in [0, 0.1) is 0 Å². The van der Waals surface area contributed by atoms with Crippen LogP contribution in [-0.4, -0.2) is 0 Å². The van der Waals surface area contributed by atoms with Gasteiger partial charge in [-0.1, -0.05) is 252 Å². The monoisotopic (exact) mass is 1350 g/mol. The van der Waals surface area contributed by atoms with Gasteiger partial charge in [0, 0.05) is 68.2 Å². The van der Waals surface area contributed by atoms with Crippen LogP contribution in [0.1, 0.15) is 228 Å². The number of anilines is 12. The minimum atomic E-state index is 0.210. The van der Waals surface area contributed by atoms with Crippen LogP contribution in [0.15, 0.2) is 273 Å². The minimum Gasteiger partial charge on any atom is -0.310 e. The SMILES string of the molecule is CC(C)c1cccc(N(c2ccccc2)c2ccc(-c3ccc(N(c4ccc(-c5ccc(N(c6ccccc6)c6cccc(C(C)C)c6)cc5C(C)C)c(C(C)C)c4)c4ccc(-c5ccc(N(c6ccccc6)c6cccc(C(C)C)c6)cc5C(C)C)c(C(C)C)c4)cc3C(C)C)c(C(C)C)c2)c1. The second-order valence-corrected chi connectivity index (χ2v) is 31.2. The first kappa shape index (κ1) is 72.6. The van der Waals surface area contributed by atoms with Crippen LogP contribution in [0.25, 0.3) is 33.4 Å². The summed E-state index contributed by atoms with van der Waals surface area (Å²) < 4.78 is 0. The highest BCUT2D eigenvalue weighted by molar-refractivity contribution is 5.89. The number of hydrogen-bond donors (Lipinski definition) is 0. The standard InChI is InChI=1S/C99H108N4/c1-64(2)73-31-28-40-79(55-73)100(76-34-22-19-23-35-76)82-43-49-88(94(58-82)67(7)8)91-52-46-85(61-97(91)70(13)14)103(86-47-53-92(98(62-86)71(15)16)89-50-44-83(59-95(89)68(9)10)101(77-36-24-20-25-37-77)80-41-29-32-74(56-80)65(3)4)87-48-54-93(99(63-87)72(17)18)90-51-45-84(60-96(90)69(11)12)102(78-38-26-21-27-39-78)81-42-30-33-75(57-81)66(5)6/h19-72H,1-18H3. The highest BCUT2D eigenvalue weighted by Crippen LogP contribution is 2.50. The number of rotatable bonds is 24. The maximum absolute atomic E-state index is 2.56. The first-order valence-corrected chi connectivity index (χ1v) is 38.0. The van der Waals surface area contributed by atoms with Gasteiger partial charge in [0.1, 0.15) is 0 Å². The summed E-state index contributed by atoms with van der Waals surface area (Å²) in [4.78, 5) is 9.84. The van der Waals surface area contributed by atoms with Crippen molar-refractivity contribution in [2.24, 2.45) is 0 Å². The van der Waals surface area contributed by atoms with Crippen molar-refractivity contribution in [2.75, 3.05) is 19.6 Å². The summed E-state index contributed by atoms with van der Waals surface area (Å²) in [5, 5.41) is 0. The molecule has 4 nitrogen and oxygen atoms in total. The highest BCUT2D eigenvalue weighted by Gasteiger charge is 2.27. The van der Waals surface area contributed by atoms with Crippen molar-refractivity contribution < 1.29 is 0 Å². The van der Waals surface area contributed by atoms with Crippen molar-refractivity contribution in [3.05, 3.63) is 323 Å². The van der Waals surface area contributed by atoms with E-state index in [2.05, 4.69) is 417 Å². The molecule has 0 radical (unpaired) electrons. The van der Waals surface area contributed by atoms with Gasteiger partial charge in [0.15, 0.2) is 0 Å². The van der Waals surface area contributed by atoms with Gasteiger partial charge in [-0.15, -0.1) is 0 Å². The van der Waals surface area contributed by atoms with Crippen LogP contribution in [0.2, 0.25) is 0 Å². The second kappa shape index (κ2) is 31.6.